The summed E-state index contributed by atoms with van der Waals surface area (Å²) in [6.45, 7) is 5.24. The summed E-state index contributed by atoms with van der Waals surface area (Å²) in [5.74, 6) is 1.87. The molecule has 1 saturated carbocycles. The van der Waals surface area contributed by atoms with Crippen LogP contribution in [-0.4, -0.2) is 41.1 Å². The van der Waals surface area contributed by atoms with Crippen LogP contribution in [0.2, 0.25) is 0 Å². The van der Waals surface area contributed by atoms with Crippen LogP contribution in [0.1, 0.15) is 26.7 Å². The molecule has 1 saturated heterocycles. The number of hydrogen-bond acceptors (Lipinski definition) is 3. The highest BCUT2D eigenvalue weighted by Gasteiger charge is 2.59. The molecule has 4 heteroatoms. The molecule has 0 bridgehead atoms. The Labute approximate surface area is 96.0 Å². The molecule has 1 N–H and O–H groups in total. The first-order valence-electron chi connectivity index (χ1n) is 5.68. The molecule has 1 spiro atoms. The van der Waals surface area contributed by atoms with Gasteiger partial charge in [0.1, 0.15) is 0 Å². The number of nitrogens with one attached hydrogen (secondary N) is 1. The SMILES string of the molecule is CSCCN1C(=O)C2(CC2)NC1C(C)C. The lowest BCUT2D eigenvalue weighted by atomic mass is 10.1. The van der Waals surface area contributed by atoms with Gasteiger partial charge in [0.25, 0.3) is 0 Å². The van der Waals surface area contributed by atoms with Gasteiger partial charge in [-0.25, -0.2) is 0 Å². The van der Waals surface area contributed by atoms with E-state index in [0.29, 0.717) is 11.8 Å². The average Bonchev–Trinajstić information content (AvgIpc) is 2.91. The summed E-state index contributed by atoms with van der Waals surface area (Å²) in [6, 6.07) is 0. The van der Waals surface area contributed by atoms with E-state index in [0.717, 1.165) is 25.1 Å². The number of thioether (sulfide) groups is 1. The van der Waals surface area contributed by atoms with Crippen LogP contribution >= 0.6 is 11.8 Å². The van der Waals surface area contributed by atoms with Crippen LogP contribution in [-0.2, 0) is 4.79 Å². The summed E-state index contributed by atoms with van der Waals surface area (Å²) in [5, 5.41) is 3.52. The summed E-state index contributed by atoms with van der Waals surface area (Å²) in [6.07, 6.45) is 4.41. The largest absolute Gasteiger partial charge is 0.324 e. The third-order valence-electron chi connectivity index (χ3n) is 3.35. The van der Waals surface area contributed by atoms with Crippen LogP contribution in [0, 0.1) is 5.92 Å². The second kappa shape index (κ2) is 3.98. The number of hydrogen-bond donors (Lipinski definition) is 1. The quantitative estimate of drug-likeness (QED) is 0.787. The van der Waals surface area contributed by atoms with E-state index < -0.39 is 0 Å². The maximum absolute atomic E-state index is 12.2. The Morgan fingerprint density at radius 1 is 1.60 bits per heavy atom. The van der Waals surface area contributed by atoms with Crippen LogP contribution in [0.4, 0.5) is 0 Å². The Morgan fingerprint density at radius 2 is 2.27 bits per heavy atom. The lowest BCUT2D eigenvalue weighted by Gasteiger charge is -2.26. The van der Waals surface area contributed by atoms with Crippen molar-refractivity contribution in [3.63, 3.8) is 0 Å². The molecule has 2 rings (SSSR count). The van der Waals surface area contributed by atoms with Crippen molar-refractivity contribution in [1.29, 1.82) is 0 Å². The Hall–Kier alpha value is -0.220. The predicted molar refractivity (Wildman–Crippen MR) is 63.8 cm³/mol. The molecular formula is C11H20N2OS. The van der Waals surface area contributed by atoms with Gasteiger partial charge >= 0.3 is 0 Å². The van der Waals surface area contributed by atoms with Crippen molar-refractivity contribution in [2.24, 2.45) is 5.92 Å². The fourth-order valence-electron chi connectivity index (χ4n) is 2.26. The number of carbonyl (C=O) groups excluding carboxylic acids is 1. The maximum atomic E-state index is 12.2. The Bertz CT molecular complexity index is 263. The first kappa shape index (κ1) is 11.3. The number of amides is 1. The maximum Gasteiger partial charge on any atom is 0.244 e. The van der Waals surface area contributed by atoms with Crippen molar-refractivity contribution in [2.75, 3.05) is 18.6 Å². The molecule has 1 aliphatic heterocycles. The van der Waals surface area contributed by atoms with Crippen molar-refractivity contribution in [3.05, 3.63) is 0 Å². The van der Waals surface area contributed by atoms with E-state index in [1.165, 1.54) is 0 Å². The smallest absolute Gasteiger partial charge is 0.244 e. The highest BCUT2D eigenvalue weighted by atomic mass is 32.2. The molecule has 1 unspecified atom stereocenters. The Morgan fingerprint density at radius 3 is 2.73 bits per heavy atom. The summed E-state index contributed by atoms with van der Waals surface area (Å²) in [4.78, 5) is 14.2. The molecule has 0 aromatic carbocycles. The molecule has 2 aliphatic rings. The first-order chi connectivity index (χ1) is 7.10. The number of rotatable bonds is 4. The molecule has 0 aromatic heterocycles. The zero-order valence-corrected chi connectivity index (χ0v) is 10.6. The third-order valence-corrected chi connectivity index (χ3v) is 3.94. The second-order valence-corrected chi connectivity index (χ2v) is 5.89. The molecule has 15 heavy (non-hydrogen) atoms. The van der Waals surface area contributed by atoms with Gasteiger partial charge in [-0.2, -0.15) is 11.8 Å². The van der Waals surface area contributed by atoms with E-state index in [2.05, 4.69) is 25.4 Å². The van der Waals surface area contributed by atoms with Gasteiger partial charge in [-0.1, -0.05) is 13.8 Å². The summed E-state index contributed by atoms with van der Waals surface area (Å²) < 4.78 is 0. The molecule has 1 atom stereocenters. The van der Waals surface area contributed by atoms with Crippen molar-refractivity contribution in [3.8, 4) is 0 Å². The number of carbonyl (C=O) groups is 1. The average molecular weight is 228 g/mol. The molecule has 0 aromatic rings. The van der Waals surface area contributed by atoms with Gasteiger partial charge in [0.2, 0.25) is 5.91 Å². The van der Waals surface area contributed by atoms with E-state index in [1.54, 1.807) is 11.8 Å². The van der Waals surface area contributed by atoms with E-state index >= 15 is 0 Å². The predicted octanol–water partition coefficient (Wildman–Crippen LogP) is 1.30. The van der Waals surface area contributed by atoms with Gasteiger partial charge < -0.3 is 4.90 Å². The minimum absolute atomic E-state index is 0.145. The fourth-order valence-corrected chi connectivity index (χ4v) is 2.64. The molecule has 3 nitrogen and oxygen atoms in total. The lowest BCUT2D eigenvalue weighted by Crippen LogP contribution is -2.42. The molecule has 1 aliphatic carbocycles. The van der Waals surface area contributed by atoms with E-state index in [9.17, 15) is 4.79 Å². The normalized spacial score (nSPS) is 28.1. The molecular weight excluding hydrogens is 208 g/mol. The van der Waals surface area contributed by atoms with Gasteiger partial charge in [-0.3, -0.25) is 10.1 Å². The minimum atomic E-state index is -0.145. The van der Waals surface area contributed by atoms with Crippen LogP contribution < -0.4 is 5.32 Å². The van der Waals surface area contributed by atoms with Crippen LogP contribution in [0.3, 0.4) is 0 Å². The van der Waals surface area contributed by atoms with E-state index in [-0.39, 0.29) is 11.7 Å². The standard InChI is InChI=1S/C11H20N2OS/c1-8(2)9-12-11(4-5-11)10(14)13(9)6-7-15-3/h8-9,12H,4-7H2,1-3H3. The van der Waals surface area contributed by atoms with Crippen molar-refractivity contribution >= 4 is 17.7 Å². The van der Waals surface area contributed by atoms with Crippen molar-refractivity contribution in [1.82, 2.24) is 10.2 Å². The van der Waals surface area contributed by atoms with Gasteiger partial charge in [0.15, 0.2) is 0 Å². The molecule has 86 valence electrons. The zero-order valence-electron chi connectivity index (χ0n) is 9.75. The van der Waals surface area contributed by atoms with Gasteiger partial charge in [-0.05, 0) is 25.0 Å². The minimum Gasteiger partial charge on any atom is -0.324 e. The van der Waals surface area contributed by atoms with Gasteiger partial charge in [0, 0.05) is 12.3 Å². The van der Waals surface area contributed by atoms with Gasteiger partial charge in [0.05, 0.1) is 11.7 Å². The molecule has 1 amide bonds. The number of nitrogens with zero attached hydrogens (tertiary/aromatic N) is 1. The fraction of sp³-hybridized carbons (Fsp3) is 0.909. The van der Waals surface area contributed by atoms with Crippen LogP contribution in [0.15, 0.2) is 0 Å². The Kier molecular flexibility index (Phi) is 2.99. The summed E-state index contributed by atoms with van der Waals surface area (Å²) in [7, 11) is 0. The van der Waals surface area contributed by atoms with Crippen LogP contribution in [0.25, 0.3) is 0 Å². The topological polar surface area (TPSA) is 32.3 Å². The molecule has 1 heterocycles. The highest BCUT2D eigenvalue weighted by Crippen LogP contribution is 2.43. The van der Waals surface area contributed by atoms with Crippen LogP contribution in [0.5, 0.6) is 0 Å². The summed E-state index contributed by atoms with van der Waals surface area (Å²) >= 11 is 1.80. The monoisotopic (exact) mass is 228 g/mol. The first-order valence-corrected chi connectivity index (χ1v) is 7.08. The van der Waals surface area contributed by atoms with Gasteiger partial charge in [-0.15, -0.1) is 0 Å². The van der Waals surface area contributed by atoms with E-state index in [4.69, 9.17) is 0 Å². The molecule has 0 radical (unpaired) electrons. The summed E-state index contributed by atoms with van der Waals surface area (Å²) in [5.41, 5.74) is -0.145. The Balaban J connectivity index is 2.06. The van der Waals surface area contributed by atoms with Crippen molar-refractivity contribution < 1.29 is 4.79 Å². The van der Waals surface area contributed by atoms with E-state index in [1.807, 2.05) is 4.90 Å². The zero-order chi connectivity index (χ0) is 11.1. The van der Waals surface area contributed by atoms with Crippen molar-refractivity contribution in [2.45, 2.75) is 38.4 Å². The third kappa shape index (κ3) is 1.89. The second-order valence-electron chi connectivity index (χ2n) is 4.91. The molecule has 2 fully saturated rings. The highest BCUT2D eigenvalue weighted by molar-refractivity contribution is 7.98. The lowest BCUT2D eigenvalue weighted by molar-refractivity contribution is -0.130.